The zero-order chi connectivity index (χ0) is 14.9. The summed E-state index contributed by atoms with van der Waals surface area (Å²) in [6, 6.07) is 10.2. The monoisotopic (exact) mass is 313 g/mol. The summed E-state index contributed by atoms with van der Waals surface area (Å²) in [5.74, 6) is 0.898. The van der Waals surface area contributed by atoms with Crippen molar-refractivity contribution in [3.8, 4) is 11.4 Å². The standard InChI is InChI=1S/C16H16ClN5/c17-11-5-7-22-14(10-19-16(22)8-11)13-2-1-3-15(21-13)20-12-4-6-18-9-12/h1-3,5,7-8,10,12,18H,4,6,9H2,(H,20,21). The van der Waals surface area contributed by atoms with Crippen LogP contribution in [-0.2, 0) is 0 Å². The van der Waals surface area contributed by atoms with E-state index in [0.717, 1.165) is 42.4 Å². The Hall–Kier alpha value is -2.11. The van der Waals surface area contributed by atoms with Crippen LogP contribution in [0.1, 0.15) is 6.42 Å². The quantitative estimate of drug-likeness (QED) is 0.781. The van der Waals surface area contributed by atoms with Gasteiger partial charge in [-0.15, -0.1) is 0 Å². The van der Waals surface area contributed by atoms with Crippen LogP contribution in [0, 0.1) is 0 Å². The Morgan fingerprint density at radius 1 is 1.32 bits per heavy atom. The molecule has 0 bridgehead atoms. The average molecular weight is 314 g/mol. The number of pyridine rings is 2. The van der Waals surface area contributed by atoms with Crippen molar-refractivity contribution in [2.75, 3.05) is 18.4 Å². The van der Waals surface area contributed by atoms with Gasteiger partial charge in [-0.2, -0.15) is 0 Å². The Labute approximate surface area is 133 Å². The second kappa shape index (κ2) is 5.59. The summed E-state index contributed by atoms with van der Waals surface area (Å²) < 4.78 is 2.00. The third kappa shape index (κ3) is 2.53. The maximum absolute atomic E-state index is 6.01. The van der Waals surface area contributed by atoms with Gasteiger partial charge in [0.05, 0.1) is 17.6 Å². The molecule has 112 valence electrons. The lowest BCUT2D eigenvalue weighted by molar-refractivity contribution is 0.788. The number of hydrogen-bond acceptors (Lipinski definition) is 4. The molecule has 0 saturated carbocycles. The van der Waals surface area contributed by atoms with Gasteiger partial charge >= 0.3 is 0 Å². The highest BCUT2D eigenvalue weighted by atomic mass is 35.5. The van der Waals surface area contributed by atoms with Crippen LogP contribution < -0.4 is 10.6 Å². The maximum atomic E-state index is 6.01. The number of halogens is 1. The summed E-state index contributed by atoms with van der Waals surface area (Å²) >= 11 is 6.01. The van der Waals surface area contributed by atoms with Crippen LogP contribution in [0.5, 0.6) is 0 Å². The van der Waals surface area contributed by atoms with Gasteiger partial charge in [-0.25, -0.2) is 9.97 Å². The number of nitrogens with one attached hydrogen (secondary N) is 2. The Morgan fingerprint density at radius 2 is 2.27 bits per heavy atom. The number of fused-ring (bicyclic) bond motifs is 1. The van der Waals surface area contributed by atoms with Gasteiger partial charge in [0.25, 0.3) is 0 Å². The SMILES string of the molecule is Clc1ccn2c(-c3cccc(NC4CCNC4)n3)cnc2c1. The van der Waals surface area contributed by atoms with Crippen LogP contribution in [0.25, 0.3) is 17.0 Å². The fourth-order valence-corrected chi connectivity index (χ4v) is 2.94. The molecule has 4 rings (SSSR count). The third-order valence-corrected chi connectivity index (χ3v) is 4.13. The number of rotatable bonds is 3. The van der Waals surface area contributed by atoms with E-state index in [1.54, 1.807) is 0 Å². The summed E-state index contributed by atoms with van der Waals surface area (Å²) in [5.41, 5.74) is 2.67. The van der Waals surface area contributed by atoms with Crippen molar-refractivity contribution in [1.82, 2.24) is 19.7 Å². The average Bonchev–Trinajstić information content (AvgIpc) is 3.16. The molecule has 4 heterocycles. The molecular formula is C16H16ClN5. The van der Waals surface area contributed by atoms with Gasteiger partial charge in [0.2, 0.25) is 0 Å². The van der Waals surface area contributed by atoms with E-state index in [-0.39, 0.29) is 0 Å². The topological polar surface area (TPSA) is 54.2 Å². The second-order valence-electron chi connectivity index (χ2n) is 5.46. The normalized spacial score (nSPS) is 18.0. The van der Waals surface area contributed by atoms with Crippen LogP contribution in [0.2, 0.25) is 5.02 Å². The minimum atomic E-state index is 0.448. The molecule has 0 radical (unpaired) electrons. The minimum Gasteiger partial charge on any atom is -0.366 e. The number of aromatic nitrogens is 3. The molecule has 0 amide bonds. The van der Waals surface area contributed by atoms with Gasteiger partial charge in [-0.3, -0.25) is 4.40 Å². The summed E-state index contributed by atoms with van der Waals surface area (Å²) in [5, 5.41) is 7.51. The van der Waals surface area contributed by atoms with Crippen molar-refractivity contribution in [2.45, 2.75) is 12.5 Å². The largest absolute Gasteiger partial charge is 0.366 e. The van der Waals surface area contributed by atoms with Crippen LogP contribution >= 0.6 is 11.6 Å². The molecule has 5 nitrogen and oxygen atoms in total. The Balaban J connectivity index is 1.68. The molecule has 1 saturated heterocycles. The van der Waals surface area contributed by atoms with E-state index in [1.807, 2.05) is 47.1 Å². The Bertz CT molecular complexity index is 807. The summed E-state index contributed by atoms with van der Waals surface area (Å²) in [4.78, 5) is 9.12. The van der Waals surface area contributed by atoms with Crippen LogP contribution in [0.3, 0.4) is 0 Å². The van der Waals surface area contributed by atoms with Crippen LogP contribution in [0.15, 0.2) is 42.7 Å². The third-order valence-electron chi connectivity index (χ3n) is 3.90. The number of nitrogens with zero attached hydrogens (tertiary/aromatic N) is 3. The molecule has 3 aromatic rings. The van der Waals surface area contributed by atoms with Gasteiger partial charge in [-0.05, 0) is 31.2 Å². The fourth-order valence-electron chi connectivity index (χ4n) is 2.79. The molecule has 0 aromatic carbocycles. The molecule has 1 atom stereocenters. The molecule has 1 unspecified atom stereocenters. The highest BCUT2D eigenvalue weighted by molar-refractivity contribution is 6.30. The molecule has 2 N–H and O–H groups in total. The highest BCUT2D eigenvalue weighted by Gasteiger charge is 2.15. The van der Waals surface area contributed by atoms with E-state index in [0.29, 0.717) is 11.1 Å². The van der Waals surface area contributed by atoms with E-state index in [4.69, 9.17) is 16.6 Å². The molecule has 6 heteroatoms. The van der Waals surface area contributed by atoms with Crippen molar-refractivity contribution < 1.29 is 0 Å². The summed E-state index contributed by atoms with van der Waals surface area (Å²) in [6.07, 6.45) is 4.87. The minimum absolute atomic E-state index is 0.448. The maximum Gasteiger partial charge on any atom is 0.138 e. The predicted octanol–water partition coefficient (Wildman–Crippen LogP) is 2.82. The molecule has 1 fully saturated rings. The van der Waals surface area contributed by atoms with Gasteiger partial charge in [0.15, 0.2) is 0 Å². The first-order chi connectivity index (χ1) is 10.8. The molecule has 0 aliphatic carbocycles. The van der Waals surface area contributed by atoms with Crippen molar-refractivity contribution in [2.24, 2.45) is 0 Å². The van der Waals surface area contributed by atoms with Crippen molar-refractivity contribution in [3.63, 3.8) is 0 Å². The molecule has 1 aliphatic heterocycles. The lowest BCUT2D eigenvalue weighted by Gasteiger charge is -2.12. The van der Waals surface area contributed by atoms with Crippen molar-refractivity contribution in [3.05, 3.63) is 47.7 Å². The van der Waals surface area contributed by atoms with Crippen molar-refractivity contribution >= 4 is 23.1 Å². The van der Waals surface area contributed by atoms with Crippen molar-refractivity contribution in [1.29, 1.82) is 0 Å². The van der Waals surface area contributed by atoms with Gasteiger partial charge < -0.3 is 10.6 Å². The zero-order valence-corrected chi connectivity index (χ0v) is 12.7. The molecule has 0 spiro atoms. The molecular weight excluding hydrogens is 298 g/mol. The lowest BCUT2D eigenvalue weighted by atomic mass is 10.2. The Kier molecular flexibility index (Phi) is 3.44. The smallest absolute Gasteiger partial charge is 0.138 e. The summed E-state index contributed by atoms with van der Waals surface area (Å²) in [7, 11) is 0. The van der Waals surface area contributed by atoms with E-state index in [1.165, 1.54) is 0 Å². The predicted molar refractivity (Wildman–Crippen MR) is 88.3 cm³/mol. The van der Waals surface area contributed by atoms with Gasteiger partial charge in [-0.1, -0.05) is 17.7 Å². The number of imidazole rings is 1. The van der Waals surface area contributed by atoms with Gasteiger partial charge in [0.1, 0.15) is 11.5 Å². The van der Waals surface area contributed by atoms with Crippen LogP contribution in [0.4, 0.5) is 5.82 Å². The molecule has 3 aromatic heterocycles. The first-order valence-electron chi connectivity index (χ1n) is 7.37. The zero-order valence-electron chi connectivity index (χ0n) is 12.0. The summed E-state index contributed by atoms with van der Waals surface area (Å²) in [6.45, 7) is 2.05. The molecule has 1 aliphatic rings. The Morgan fingerprint density at radius 3 is 3.14 bits per heavy atom. The van der Waals surface area contributed by atoms with E-state index in [9.17, 15) is 0 Å². The van der Waals surface area contributed by atoms with Crippen LogP contribution in [-0.4, -0.2) is 33.5 Å². The second-order valence-corrected chi connectivity index (χ2v) is 5.90. The highest BCUT2D eigenvalue weighted by Crippen LogP contribution is 2.22. The first kappa shape index (κ1) is 13.5. The fraction of sp³-hybridized carbons (Fsp3) is 0.250. The lowest BCUT2D eigenvalue weighted by Crippen LogP contribution is -2.22. The van der Waals surface area contributed by atoms with E-state index >= 15 is 0 Å². The molecule has 22 heavy (non-hydrogen) atoms. The van der Waals surface area contributed by atoms with Gasteiger partial charge in [0, 0.05) is 29.9 Å². The number of hydrogen-bond donors (Lipinski definition) is 2. The van der Waals surface area contributed by atoms with E-state index < -0.39 is 0 Å². The number of anilines is 1. The van der Waals surface area contributed by atoms with E-state index in [2.05, 4.69) is 15.6 Å². The first-order valence-corrected chi connectivity index (χ1v) is 7.75.